The third-order valence-corrected chi connectivity index (χ3v) is 7.22. The van der Waals surface area contributed by atoms with Gasteiger partial charge in [-0.1, -0.05) is 35.9 Å². The lowest BCUT2D eigenvalue weighted by Gasteiger charge is -2.36. The van der Waals surface area contributed by atoms with Crippen molar-refractivity contribution in [1.82, 2.24) is 14.8 Å². The standard InChI is InChI=1S/C27H27ClF3N3O2S/c1-37-25-23(3-2-12-32-25)26(35)34-15-13-33(14-16-34)17-24(20-6-10-22(28)11-7-20)36-18-19-4-8-21(9-5-19)27(29,30)31/h2-12,24H,13-18H2,1H3/t24-/m1/s1. The highest BCUT2D eigenvalue weighted by Gasteiger charge is 2.30. The maximum absolute atomic E-state index is 13.1. The molecular formula is C27H27ClF3N3O2S. The molecule has 0 radical (unpaired) electrons. The van der Waals surface area contributed by atoms with Crippen molar-refractivity contribution in [2.24, 2.45) is 0 Å². The van der Waals surface area contributed by atoms with Gasteiger partial charge in [-0.05, 0) is 53.8 Å². The number of piperazine rings is 1. The van der Waals surface area contributed by atoms with Crippen LogP contribution in [-0.2, 0) is 17.5 Å². The molecule has 1 amide bonds. The Hall–Kier alpha value is -2.59. The van der Waals surface area contributed by atoms with E-state index in [0.717, 1.165) is 22.7 Å². The summed E-state index contributed by atoms with van der Waals surface area (Å²) in [6, 6.07) is 16.0. The predicted octanol–water partition coefficient (Wildman–Crippen LogP) is 6.19. The van der Waals surface area contributed by atoms with E-state index >= 15 is 0 Å². The van der Waals surface area contributed by atoms with E-state index < -0.39 is 11.7 Å². The van der Waals surface area contributed by atoms with E-state index in [-0.39, 0.29) is 18.6 Å². The fraction of sp³-hybridized carbons (Fsp3) is 0.333. The molecule has 0 N–H and O–H groups in total. The molecule has 5 nitrogen and oxygen atoms in total. The SMILES string of the molecule is CSc1ncccc1C(=O)N1CCN(C[C@@H](OCc2ccc(C(F)(F)F)cc2)c2ccc(Cl)cc2)CC1. The van der Waals surface area contributed by atoms with Crippen molar-refractivity contribution >= 4 is 29.3 Å². The average molecular weight is 550 g/mol. The number of benzene rings is 2. The van der Waals surface area contributed by atoms with Crippen LogP contribution in [-0.4, -0.2) is 59.7 Å². The Balaban J connectivity index is 1.39. The number of thioether (sulfide) groups is 1. The number of pyridine rings is 1. The molecule has 3 aromatic rings. The Morgan fingerprint density at radius 1 is 1.05 bits per heavy atom. The Bertz CT molecular complexity index is 1180. The normalized spacial score (nSPS) is 15.5. The minimum absolute atomic E-state index is 0.0232. The molecule has 1 aliphatic heterocycles. The summed E-state index contributed by atoms with van der Waals surface area (Å²) in [5.41, 5.74) is 1.51. The topological polar surface area (TPSA) is 45.7 Å². The van der Waals surface area contributed by atoms with E-state index in [9.17, 15) is 18.0 Å². The lowest BCUT2D eigenvalue weighted by Crippen LogP contribution is -2.49. The summed E-state index contributed by atoms with van der Waals surface area (Å²) in [4.78, 5) is 21.4. The maximum Gasteiger partial charge on any atom is 0.416 e. The van der Waals surface area contributed by atoms with Gasteiger partial charge in [0.15, 0.2) is 0 Å². The lowest BCUT2D eigenvalue weighted by atomic mass is 10.1. The number of hydrogen-bond acceptors (Lipinski definition) is 5. The molecule has 37 heavy (non-hydrogen) atoms. The molecule has 196 valence electrons. The first-order chi connectivity index (χ1) is 17.7. The monoisotopic (exact) mass is 549 g/mol. The number of ether oxygens (including phenoxy) is 1. The number of carbonyl (C=O) groups is 1. The van der Waals surface area contributed by atoms with Gasteiger partial charge in [0.05, 0.1) is 23.8 Å². The van der Waals surface area contributed by atoms with Crippen molar-refractivity contribution in [1.29, 1.82) is 0 Å². The van der Waals surface area contributed by atoms with E-state index in [2.05, 4.69) is 9.88 Å². The first-order valence-electron chi connectivity index (χ1n) is 11.8. The number of amides is 1. The molecule has 0 saturated carbocycles. The highest BCUT2D eigenvalue weighted by Crippen LogP contribution is 2.30. The average Bonchev–Trinajstić information content (AvgIpc) is 2.91. The van der Waals surface area contributed by atoms with Crippen LogP contribution in [0, 0.1) is 0 Å². The minimum Gasteiger partial charge on any atom is -0.368 e. The van der Waals surface area contributed by atoms with Gasteiger partial charge in [0.25, 0.3) is 5.91 Å². The molecule has 4 rings (SSSR count). The Morgan fingerprint density at radius 3 is 2.35 bits per heavy atom. The first kappa shape index (κ1) is 27.4. The largest absolute Gasteiger partial charge is 0.416 e. The third kappa shape index (κ3) is 7.25. The van der Waals surface area contributed by atoms with Crippen LogP contribution in [0.2, 0.25) is 5.02 Å². The molecule has 1 aliphatic rings. The zero-order valence-electron chi connectivity index (χ0n) is 20.2. The number of carbonyl (C=O) groups excluding carboxylic acids is 1. The van der Waals surface area contributed by atoms with Crippen LogP contribution in [0.4, 0.5) is 13.2 Å². The Kier molecular flexibility index (Phi) is 9.13. The van der Waals surface area contributed by atoms with Crippen LogP contribution in [0.15, 0.2) is 71.9 Å². The van der Waals surface area contributed by atoms with E-state index in [4.69, 9.17) is 16.3 Å². The number of halogens is 4. The van der Waals surface area contributed by atoms with E-state index in [1.165, 1.54) is 23.9 Å². The molecule has 0 spiro atoms. The van der Waals surface area contributed by atoms with Gasteiger partial charge >= 0.3 is 6.18 Å². The number of aromatic nitrogens is 1. The summed E-state index contributed by atoms with van der Waals surface area (Å²) in [6.45, 7) is 3.25. The highest BCUT2D eigenvalue weighted by atomic mass is 35.5. The molecule has 10 heteroatoms. The van der Waals surface area contributed by atoms with E-state index in [1.807, 2.05) is 23.3 Å². The number of hydrogen-bond donors (Lipinski definition) is 0. The van der Waals surface area contributed by atoms with Crippen LogP contribution < -0.4 is 0 Å². The smallest absolute Gasteiger partial charge is 0.368 e. The molecule has 0 bridgehead atoms. The molecule has 2 aromatic carbocycles. The summed E-state index contributed by atoms with van der Waals surface area (Å²) in [5, 5.41) is 1.33. The number of nitrogens with zero attached hydrogens (tertiary/aromatic N) is 3. The van der Waals surface area contributed by atoms with Crippen molar-refractivity contribution < 1.29 is 22.7 Å². The van der Waals surface area contributed by atoms with Crippen LogP contribution >= 0.6 is 23.4 Å². The fourth-order valence-corrected chi connectivity index (χ4v) is 4.84. The fourth-order valence-electron chi connectivity index (χ4n) is 4.17. The molecule has 1 aromatic heterocycles. The van der Waals surface area contributed by atoms with E-state index in [0.29, 0.717) is 48.9 Å². The summed E-state index contributed by atoms with van der Waals surface area (Å²) in [5.74, 6) is -0.0232. The predicted molar refractivity (Wildman–Crippen MR) is 139 cm³/mol. The van der Waals surface area contributed by atoms with Crippen molar-refractivity contribution in [2.75, 3.05) is 39.0 Å². The maximum atomic E-state index is 13.1. The summed E-state index contributed by atoms with van der Waals surface area (Å²) in [7, 11) is 0. The molecule has 2 heterocycles. The van der Waals surface area contributed by atoms with Crippen LogP contribution in [0.25, 0.3) is 0 Å². The zero-order chi connectivity index (χ0) is 26.4. The van der Waals surface area contributed by atoms with Gasteiger partial charge in [-0.25, -0.2) is 4.98 Å². The van der Waals surface area contributed by atoms with Crippen molar-refractivity contribution in [3.05, 3.63) is 94.1 Å². The molecule has 1 fully saturated rings. The molecule has 0 aliphatic carbocycles. The molecule has 0 unspecified atom stereocenters. The second-order valence-electron chi connectivity index (χ2n) is 8.70. The quantitative estimate of drug-likeness (QED) is 0.313. The Morgan fingerprint density at radius 2 is 1.73 bits per heavy atom. The highest BCUT2D eigenvalue weighted by molar-refractivity contribution is 7.98. The van der Waals surface area contributed by atoms with Gasteiger partial charge in [-0.3, -0.25) is 9.69 Å². The van der Waals surface area contributed by atoms with Gasteiger partial charge in [-0.2, -0.15) is 13.2 Å². The lowest BCUT2D eigenvalue weighted by molar-refractivity contribution is -0.137. The number of alkyl halides is 3. The molecule has 1 atom stereocenters. The zero-order valence-corrected chi connectivity index (χ0v) is 21.8. The van der Waals surface area contributed by atoms with E-state index in [1.54, 1.807) is 30.5 Å². The molecule has 1 saturated heterocycles. The summed E-state index contributed by atoms with van der Waals surface area (Å²) in [6.07, 6.45) is -1.10. The first-order valence-corrected chi connectivity index (χ1v) is 13.4. The van der Waals surface area contributed by atoms with Crippen LogP contribution in [0.1, 0.15) is 33.2 Å². The third-order valence-electron chi connectivity index (χ3n) is 6.25. The second-order valence-corrected chi connectivity index (χ2v) is 9.93. The van der Waals surface area contributed by atoms with Crippen molar-refractivity contribution in [2.45, 2.75) is 23.9 Å². The van der Waals surface area contributed by atoms with Gasteiger partial charge in [0.2, 0.25) is 0 Å². The van der Waals surface area contributed by atoms with Gasteiger partial charge in [0, 0.05) is 43.9 Å². The molecular weight excluding hydrogens is 523 g/mol. The van der Waals surface area contributed by atoms with Crippen LogP contribution in [0.3, 0.4) is 0 Å². The Labute approximate surface area is 223 Å². The van der Waals surface area contributed by atoms with Gasteiger partial charge < -0.3 is 9.64 Å². The van der Waals surface area contributed by atoms with Crippen molar-refractivity contribution in [3.8, 4) is 0 Å². The van der Waals surface area contributed by atoms with Gasteiger partial charge in [-0.15, -0.1) is 11.8 Å². The minimum atomic E-state index is -4.37. The number of rotatable bonds is 8. The second kappa shape index (κ2) is 12.3. The van der Waals surface area contributed by atoms with Crippen molar-refractivity contribution in [3.63, 3.8) is 0 Å². The van der Waals surface area contributed by atoms with Gasteiger partial charge in [0.1, 0.15) is 5.03 Å². The summed E-state index contributed by atoms with van der Waals surface area (Å²) >= 11 is 7.51. The summed E-state index contributed by atoms with van der Waals surface area (Å²) < 4.78 is 44.8. The van der Waals surface area contributed by atoms with Crippen LogP contribution in [0.5, 0.6) is 0 Å².